The van der Waals surface area contributed by atoms with Crippen molar-refractivity contribution in [2.45, 2.75) is 33.2 Å². The maximum atomic E-state index is 11.2. The average molecular weight is 224 g/mol. The van der Waals surface area contributed by atoms with Crippen LogP contribution in [0.1, 0.15) is 27.2 Å². The van der Waals surface area contributed by atoms with Gasteiger partial charge >= 0.3 is 0 Å². The van der Waals surface area contributed by atoms with E-state index in [1.54, 1.807) is 4.90 Å². The first-order valence-corrected chi connectivity index (χ1v) is 5.25. The molecule has 0 N–H and O–H groups in total. The highest BCUT2D eigenvalue weighted by Gasteiger charge is 2.15. The van der Waals surface area contributed by atoms with Gasteiger partial charge in [-0.3, -0.25) is 9.59 Å². The van der Waals surface area contributed by atoms with Crippen LogP contribution in [-0.4, -0.2) is 34.2 Å². The molecule has 0 heterocycles. The first-order valence-electron chi connectivity index (χ1n) is 5.25. The minimum Gasteiger partial charge on any atom is -0.320 e. The summed E-state index contributed by atoms with van der Waals surface area (Å²) in [5.41, 5.74) is 0. The highest BCUT2D eigenvalue weighted by atomic mass is 16.2. The van der Waals surface area contributed by atoms with E-state index in [1.165, 1.54) is 31.1 Å². The van der Waals surface area contributed by atoms with Gasteiger partial charge in [0, 0.05) is 26.4 Å². The first-order chi connectivity index (χ1) is 7.43. The largest absolute Gasteiger partial charge is 0.320 e. The van der Waals surface area contributed by atoms with Crippen LogP contribution in [0.3, 0.4) is 0 Å². The van der Waals surface area contributed by atoms with Crippen LogP contribution in [0, 0.1) is 0 Å². The predicted molar refractivity (Wildman–Crippen MR) is 64.4 cm³/mol. The van der Waals surface area contributed by atoms with Crippen LogP contribution in [0.5, 0.6) is 0 Å². The molecule has 0 saturated heterocycles. The van der Waals surface area contributed by atoms with Crippen molar-refractivity contribution in [3.05, 3.63) is 25.6 Å². The van der Waals surface area contributed by atoms with Crippen LogP contribution in [-0.2, 0) is 9.59 Å². The maximum Gasteiger partial charge on any atom is 0.223 e. The van der Waals surface area contributed by atoms with Crippen LogP contribution in [0.4, 0.5) is 0 Å². The van der Waals surface area contributed by atoms with Gasteiger partial charge in [0.15, 0.2) is 0 Å². The Morgan fingerprint density at radius 1 is 1.19 bits per heavy atom. The van der Waals surface area contributed by atoms with Gasteiger partial charge in [0.2, 0.25) is 11.8 Å². The molecule has 0 aromatic heterocycles. The van der Waals surface area contributed by atoms with E-state index >= 15 is 0 Å². The molecule has 0 saturated carbocycles. The lowest BCUT2D eigenvalue weighted by Gasteiger charge is -2.26. The van der Waals surface area contributed by atoms with Gasteiger partial charge in [0.25, 0.3) is 0 Å². The molecule has 0 aromatic rings. The molecule has 0 spiro atoms. The Balaban J connectivity index is 4.28. The van der Waals surface area contributed by atoms with Crippen LogP contribution in [0.25, 0.3) is 0 Å². The van der Waals surface area contributed by atoms with Gasteiger partial charge < -0.3 is 9.80 Å². The lowest BCUT2D eigenvalue weighted by molar-refractivity contribution is -0.128. The summed E-state index contributed by atoms with van der Waals surface area (Å²) in [5.74, 6) is -0.0920. The molecule has 0 bridgehead atoms. The molecule has 1 atom stereocenters. The fraction of sp³-hybridized carbons (Fsp3) is 0.500. The van der Waals surface area contributed by atoms with E-state index in [0.29, 0.717) is 13.0 Å². The zero-order valence-corrected chi connectivity index (χ0v) is 10.3. The number of hydrogen-bond acceptors (Lipinski definition) is 2. The summed E-state index contributed by atoms with van der Waals surface area (Å²) < 4.78 is 0. The summed E-state index contributed by atoms with van der Waals surface area (Å²) in [6, 6.07) is 0.0248. The lowest BCUT2D eigenvalue weighted by atomic mass is 10.2. The SMILES string of the molecule is C=CN(CCC(C)N(C=C)C(C)=O)C(C)=O. The molecule has 0 radical (unpaired) electrons. The number of carbonyl (C=O) groups is 2. The zero-order valence-electron chi connectivity index (χ0n) is 10.3. The number of amides is 2. The van der Waals surface area contributed by atoms with Crippen molar-refractivity contribution in [3.8, 4) is 0 Å². The molecule has 0 aromatic carbocycles. The second-order valence-electron chi connectivity index (χ2n) is 3.64. The summed E-state index contributed by atoms with van der Waals surface area (Å²) in [7, 11) is 0. The lowest BCUT2D eigenvalue weighted by Crippen LogP contribution is -2.35. The van der Waals surface area contributed by atoms with Crippen molar-refractivity contribution in [1.82, 2.24) is 9.80 Å². The summed E-state index contributed by atoms with van der Waals surface area (Å²) >= 11 is 0. The number of carbonyl (C=O) groups excluding carboxylic acids is 2. The van der Waals surface area contributed by atoms with E-state index in [0.717, 1.165) is 0 Å². The van der Waals surface area contributed by atoms with Crippen molar-refractivity contribution >= 4 is 11.8 Å². The standard InChI is InChI=1S/C12H20N2O2/c1-6-13(11(4)15)9-8-10(3)14(7-2)12(5)16/h6-7,10H,1-2,8-9H2,3-5H3. The normalized spacial score (nSPS) is 11.4. The van der Waals surface area contributed by atoms with Crippen molar-refractivity contribution in [3.63, 3.8) is 0 Å². The van der Waals surface area contributed by atoms with Crippen LogP contribution >= 0.6 is 0 Å². The Hall–Kier alpha value is -1.58. The second-order valence-corrected chi connectivity index (χ2v) is 3.64. The Kier molecular flexibility index (Phi) is 6.15. The Labute approximate surface area is 97.2 Å². The minimum absolute atomic E-state index is 0.0248. The third-order valence-electron chi connectivity index (χ3n) is 2.45. The highest BCUT2D eigenvalue weighted by molar-refractivity contribution is 5.75. The van der Waals surface area contributed by atoms with Crippen molar-refractivity contribution < 1.29 is 9.59 Å². The van der Waals surface area contributed by atoms with Gasteiger partial charge in [-0.25, -0.2) is 0 Å². The van der Waals surface area contributed by atoms with Gasteiger partial charge in [-0.2, -0.15) is 0 Å². The monoisotopic (exact) mass is 224 g/mol. The molecule has 16 heavy (non-hydrogen) atoms. The number of hydrogen-bond donors (Lipinski definition) is 0. The topological polar surface area (TPSA) is 40.6 Å². The van der Waals surface area contributed by atoms with Gasteiger partial charge in [-0.1, -0.05) is 13.2 Å². The van der Waals surface area contributed by atoms with Gasteiger partial charge in [0.1, 0.15) is 0 Å². The molecule has 0 aliphatic carbocycles. The van der Waals surface area contributed by atoms with E-state index in [9.17, 15) is 9.59 Å². The molecule has 2 amide bonds. The molecule has 0 aliphatic heterocycles. The fourth-order valence-electron chi connectivity index (χ4n) is 1.46. The van der Waals surface area contributed by atoms with Crippen LogP contribution in [0.2, 0.25) is 0 Å². The summed E-state index contributed by atoms with van der Waals surface area (Å²) in [4.78, 5) is 25.4. The van der Waals surface area contributed by atoms with E-state index in [1.807, 2.05) is 6.92 Å². The molecule has 0 aliphatic rings. The number of rotatable bonds is 6. The summed E-state index contributed by atoms with van der Waals surface area (Å²) in [6.45, 7) is 12.6. The molecule has 1 unspecified atom stereocenters. The smallest absolute Gasteiger partial charge is 0.223 e. The quantitative estimate of drug-likeness (QED) is 0.689. The zero-order chi connectivity index (χ0) is 12.7. The summed E-state index contributed by atoms with van der Waals surface area (Å²) in [5, 5.41) is 0. The molecule has 90 valence electrons. The molecular weight excluding hydrogens is 204 g/mol. The second kappa shape index (κ2) is 6.82. The van der Waals surface area contributed by atoms with Crippen molar-refractivity contribution in [2.75, 3.05) is 6.54 Å². The Bertz CT molecular complexity index is 287. The van der Waals surface area contributed by atoms with Crippen molar-refractivity contribution in [1.29, 1.82) is 0 Å². The molecule has 4 heteroatoms. The third kappa shape index (κ3) is 4.29. The van der Waals surface area contributed by atoms with Gasteiger partial charge in [-0.15, -0.1) is 0 Å². The minimum atomic E-state index is -0.0461. The molecule has 0 rings (SSSR count). The van der Waals surface area contributed by atoms with E-state index in [4.69, 9.17) is 0 Å². The van der Waals surface area contributed by atoms with Crippen LogP contribution < -0.4 is 0 Å². The fourth-order valence-corrected chi connectivity index (χ4v) is 1.46. The highest BCUT2D eigenvalue weighted by Crippen LogP contribution is 2.06. The molecule has 4 nitrogen and oxygen atoms in total. The van der Waals surface area contributed by atoms with Crippen molar-refractivity contribution in [2.24, 2.45) is 0 Å². The number of nitrogens with zero attached hydrogens (tertiary/aromatic N) is 2. The maximum absolute atomic E-state index is 11.2. The van der Waals surface area contributed by atoms with E-state index < -0.39 is 0 Å². The Morgan fingerprint density at radius 3 is 2.06 bits per heavy atom. The summed E-state index contributed by atoms with van der Waals surface area (Å²) in [6.07, 6.45) is 3.71. The van der Waals surface area contributed by atoms with E-state index in [2.05, 4.69) is 13.2 Å². The van der Waals surface area contributed by atoms with Crippen LogP contribution in [0.15, 0.2) is 25.6 Å². The molecular formula is C12H20N2O2. The first kappa shape index (κ1) is 14.4. The predicted octanol–water partition coefficient (Wildman–Crippen LogP) is 1.75. The average Bonchev–Trinajstić information content (AvgIpc) is 2.18. The van der Waals surface area contributed by atoms with Gasteiger partial charge in [0.05, 0.1) is 0 Å². The van der Waals surface area contributed by atoms with Gasteiger partial charge in [-0.05, 0) is 25.7 Å². The Morgan fingerprint density at radius 2 is 1.75 bits per heavy atom. The molecule has 0 fully saturated rings. The van der Waals surface area contributed by atoms with E-state index in [-0.39, 0.29) is 17.9 Å². The third-order valence-corrected chi connectivity index (χ3v) is 2.45.